The first-order chi connectivity index (χ1) is 14.6. The van der Waals surface area contributed by atoms with Gasteiger partial charge in [0.2, 0.25) is 0 Å². The maximum absolute atomic E-state index is 13.3. The van der Waals surface area contributed by atoms with Crippen LogP contribution in [-0.2, 0) is 10.1 Å². The monoisotopic (exact) mass is 460 g/mol. The maximum atomic E-state index is 13.3. The molecule has 3 aromatic carbocycles. The SMILES string of the molecule is CC(C)c1ccccc1Nc1cc(S(=O)(=O)O)c(N)c2c1C(=O)c1ccccc1C2=O.[NaH]. The Morgan fingerprint density at radius 3 is 1.97 bits per heavy atom. The second-order valence-electron chi connectivity index (χ2n) is 7.63. The van der Waals surface area contributed by atoms with Crippen LogP contribution in [0.15, 0.2) is 59.5 Å². The molecule has 0 bridgehead atoms. The van der Waals surface area contributed by atoms with Gasteiger partial charge in [-0.15, -0.1) is 0 Å². The van der Waals surface area contributed by atoms with Gasteiger partial charge in [-0.2, -0.15) is 8.42 Å². The summed E-state index contributed by atoms with van der Waals surface area (Å²) in [6, 6.07) is 14.7. The topological polar surface area (TPSA) is 127 Å². The van der Waals surface area contributed by atoms with Crippen LogP contribution in [0.4, 0.5) is 17.1 Å². The van der Waals surface area contributed by atoms with Crippen LogP contribution in [0.25, 0.3) is 0 Å². The number of benzene rings is 3. The average Bonchev–Trinajstić information content (AvgIpc) is 2.72. The zero-order valence-corrected chi connectivity index (χ0v) is 17.7. The summed E-state index contributed by atoms with van der Waals surface area (Å²) in [6.07, 6.45) is 0. The number of para-hydroxylation sites is 1. The molecule has 32 heavy (non-hydrogen) atoms. The molecule has 0 unspecified atom stereocenters. The van der Waals surface area contributed by atoms with Gasteiger partial charge in [-0.1, -0.05) is 56.3 Å². The molecule has 0 radical (unpaired) electrons. The molecular formula is C23H21N2NaO5S. The number of nitrogens with one attached hydrogen (secondary N) is 1. The van der Waals surface area contributed by atoms with Crippen LogP contribution >= 0.6 is 0 Å². The molecule has 4 N–H and O–H groups in total. The summed E-state index contributed by atoms with van der Waals surface area (Å²) >= 11 is 0. The fraction of sp³-hybridized carbons (Fsp3) is 0.130. The number of hydrogen-bond donors (Lipinski definition) is 3. The van der Waals surface area contributed by atoms with Crippen LogP contribution in [0.2, 0.25) is 0 Å². The summed E-state index contributed by atoms with van der Waals surface area (Å²) in [5.41, 5.74) is 7.29. The van der Waals surface area contributed by atoms with E-state index < -0.39 is 32.3 Å². The number of rotatable bonds is 4. The van der Waals surface area contributed by atoms with Gasteiger partial charge in [0.1, 0.15) is 4.90 Å². The van der Waals surface area contributed by atoms with E-state index in [1.54, 1.807) is 24.3 Å². The number of hydrogen-bond acceptors (Lipinski definition) is 6. The normalized spacial score (nSPS) is 12.8. The predicted octanol–water partition coefficient (Wildman–Crippen LogP) is 3.51. The number of nitrogen functional groups attached to an aromatic ring is 1. The van der Waals surface area contributed by atoms with Crippen molar-refractivity contribution >= 4 is 68.3 Å². The van der Waals surface area contributed by atoms with E-state index in [0.29, 0.717) is 5.69 Å². The van der Waals surface area contributed by atoms with E-state index in [1.807, 2.05) is 26.0 Å². The number of ketones is 2. The summed E-state index contributed by atoms with van der Waals surface area (Å²) in [6.45, 7) is 3.99. The molecule has 0 aromatic heterocycles. The molecule has 0 fully saturated rings. The molecule has 1 aliphatic rings. The molecule has 4 rings (SSSR count). The first kappa shape index (κ1) is 24.2. The molecular weight excluding hydrogens is 439 g/mol. The van der Waals surface area contributed by atoms with E-state index in [1.165, 1.54) is 12.1 Å². The van der Waals surface area contributed by atoms with Gasteiger partial charge in [0.25, 0.3) is 10.1 Å². The van der Waals surface area contributed by atoms with Crippen molar-refractivity contribution in [2.45, 2.75) is 24.7 Å². The third kappa shape index (κ3) is 4.00. The molecule has 0 saturated heterocycles. The number of fused-ring (bicyclic) bond motifs is 2. The van der Waals surface area contributed by atoms with Crippen molar-refractivity contribution in [1.82, 2.24) is 0 Å². The van der Waals surface area contributed by atoms with Gasteiger partial charge in [-0.05, 0) is 23.6 Å². The standard InChI is InChI=1S/C23H20N2O5S.Na.H/c1-12(2)13-7-5-6-10-16(13)25-17-11-18(31(28,29)30)21(24)20-19(17)22(26)14-8-3-4-9-15(14)23(20)27;;/h3-12,25H,24H2,1-2H3,(H,28,29,30);;. The molecule has 0 heterocycles. The van der Waals surface area contributed by atoms with Crippen molar-refractivity contribution in [2.75, 3.05) is 11.1 Å². The van der Waals surface area contributed by atoms with Crippen LogP contribution in [-0.4, -0.2) is 54.1 Å². The van der Waals surface area contributed by atoms with Crippen LogP contribution in [0.5, 0.6) is 0 Å². The molecule has 160 valence electrons. The van der Waals surface area contributed by atoms with Crippen molar-refractivity contribution in [1.29, 1.82) is 0 Å². The number of anilines is 3. The molecule has 0 saturated carbocycles. The molecule has 0 amide bonds. The van der Waals surface area contributed by atoms with E-state index in [4.69, 9.17) is 5.73 Å². The van der Waals surface area contributed by atoms with Crippen LogP contribution < -0.4 is 11.1 Å². The Morgan fingerprint density at radius 1 is 0.875 bits per heavy atom. The Labute approximate surface area is 208 Å². The first-order valence-electron chi connectivity index (χ1n) is 9.59. The van der Waals surface area contributed by atoms with E-state index in [0.717, 1.165) is 11.6 Å². The van der Waals surface area contributed by atoms with Crippen molar-refractivity contribution in [3.63, 3.8) is 0 Å². The number of nitrogens with two attached hydrogens (primary N) is 1. The Bertz CT molecular complexity index is 1370. The Balaban J connectivity index is 0.00000289. The zero-order valence-electron chi connectivity index (χ0n) is 16.8. The van der Waals surface area contributed by atoms with Crippen molar-refractivity contribution in [3.05, 3.63) is 82.4 Å². The van der Waals surface area contributed by atoms with Crippen molar-refractivity contribution < 1.29 is 22.6 Å². The summed E-state index contributed by atoms with van der Waals surface area (Å²) in [5.74, 6) is -0.899. The van der Waals surface area contributed by atoms with Gasteiger partial charge >= 0.3 is 29.6 Å². The second kappa shape index (κ2) is 8.80. The van der Waals surface area contributed by atoms with E-state index in [9.17, 15) is 22.6 Å². The molecule has 3 aromatic rings. The third-order valence-electron chi connectivity index (χ3n) is 5.33. The summed E-state index contributed by atoms with van der Waals surface area (Å²) in [4.78, 5) is 25.9. The van der Waals surface area contributed by atoms with E-state index in [-0.39, 0.29) is 63.4 Å². The van der Waals surface area contributed by atoms with Crippen molar-refractivity contribution in [2.24, 2.45) is 0 Å². The molecule has 7 nitrogen and oxygen atoms in total. The van der Waals surface area contributed by atoms with Gasteiger partial charge < -0.3 is 11.1 Å². The number of carbonyl (C=O) groups excluding carboxylic acids is 2. The minimum absolute atomic E-state index is 0. The molecule has 0 spiro atoms. The molecule has 0 atom stereocenters. The minimum atomic E-state index is -4.76. The quantitative estimate of drug-likeness (QED) is 0.242. The van der Waals surface area contributed by atoms with Gasteiger partial charge in [0.15, 0.2) is 11.6 Å². The van der Waals surface area contributed by atoms with Gasteiger partial charge in [0, 0.05) is 16.8 Å². The third-order valence-corrected chi connectivity index (χ3v) is 6.22. The van der Waals surface area contributed by atoms with Gasteiger partial charge in [-0.25, -0.2) is 0 Å². The molecule has 1 aliphatic carbocycles. The Morgan fingerprint density at radius 2 is 1.41 bits per heavy atom. The second-order valence-corrected chi connectivity index (χ2v) is 9.02. The Hall–Kier alpha value is -2.49. The zero-order chi connectivity index (χ0) is 22.5. The van der Waals surface area contributed by atoms with Gasteiger partial charge in [-0.3, -0.25) is 14.1 Å². The molecule has 9 heteroatoms. The van der Waals surface area contributed by atoms with Gasteiger partial charge in [0.05, 0.1) is 22.5 Å². The van der Waals surface area contributed by atoms with Crippen LogP contribution in [0, 0.1) is 0 Å². The van der Waals surface area contributed by atoms with E-state index >= 15 is 0 Å². The fourth-order valence-corrected chi connectivity index (χ4v) is 4.51. The summed E-state index contributed by atoms with van der Waals surface area (Å²) in [7, 11) is -4.76. The average molecular weight is 460 g/mol. The first-order valence-corrected chi connectivity index (χ1v) is 11.0. The Kier molecular flexibility index (Phi) is 6.65. The van der Waals surface area contributed by atoms with Crippen LogP contribution in [0.3, 0.4) is 0 Å². The molecule has 0 aliphatic heterocycles. The van der Waals surface area contributed by atoms with Crippen molar-refractivity contribution in [3.8, 4) is 0 Å². The van der Waals surface area contributed by atoms with E-state index in [2.05, 4.69) is 5.32 Å². The summed E-state index contributed by atoms with van der Waals surface area (Å²) < 4.78 is 33.7. The number of carbonyl (C=O) groups is 2. The fourth-order valence-electron chi connectivity index (χ4n) is 3.87. The predicted molar refractivity (Wildman–Crippen MR) is 125 cm³/mol. The summed E-state index contributed by atoms with van der Waals surface area (Å²) in [5, 5.41) is 3.10. The van der Waals surface area contributed by atoms with Crippen LogP contribution in [0.1, 0.15) is 57.2 Å².